The zero-order valence-corrected chi connectivity index (χ0v) is 12.5. The van der Waals surface area contributed by atoms with Crippen LogP contribution < -0.4 is 14.8 Å². The van der Waals surface area contributed by atoms with Crippen LogP contribution in [0, 0.1) is 0 Å². The number of esters is 1. The third-order valence-corrected chi connectivity index (χ3v) is 3.47. The molecule has 1 amide bonds. The molecule has 1 aliphatic heterocycles. The van der Waals surface area contributed by atoms with Crippen LogP contribution in [0.25, 0.3) is 0 Å². The number of fused-ring (bicyclic) bond motifs is 1. The van der Waals surface area contributed by atoms with E-state index >= 15 is 0 Å². The fourth-order valence-electron chi connectivity index (χ4n) is 2.30. The van der Waals surface area contributed by atoms with Gasteiger partial charge in [-0.05, 0) is 29.8 Å². The van der Waals surface area contributed by atoms with E-state index in [1.165, 1.54) is 7.11 Å². The Morgan fingerprint density at radius 1 is 1.09 bits per heavy atom. The first-order valence-corrected chi connectivity index (χ1v) is 7.03. The Labute approximate surface area is 133 Å². The fourth-order valence-corrected chi connectivity index (χ4v) is 2.30. The summed E-state index contributed by atoms with van der Waals surface area (Å²) in [6.07, 6.45) is 0. The van der Waals surface area contributed by atoms with Crippen LogP contribution in [0.2, 0.25) is 0 Å². The minimum Gasteiger partial charge on any atom is -0.465 e. The number of carbonyl (C=O) groups is 2. The van der Waals surface area contributed by atoms with E-state index in [4.69, 9.17) is 14.2 Å². The van der Waals surface area contributed by atoms with Gasteiger partial charge in [0.25, 0.3) is 5.91 Å². The highest BCUT2D eigenvalue weighted by Gasteiger charge is 2.17. The van der Waals surface area contributed by atoms with Crippen molar-refractivity contribution in [3.8, 4) is 11.5 Å². The number of ether oxygens (including phenoxy) is 3. The molecule has 1 heterocycles. The second-order valence-electron chi connectivity index (χ2n) is 4.91. The van der Waals surface area contributed by atoms with Crippen LogP contribution >= 0.6 is 0 Å². The van der Waals surface area contributed by atoms with Gasteiger partial charge in [0.1, 0.15) is 0 Å². The first kappa shape index (κ1) is 14.9. The summed E-state index contributed by atoms with van der Waals surface area (Å²) >= 11 is 0. The molecule has 0 radical (unpaired) electrons. The van der Waals surface area contributed by atoms with Crippen LogP contribution in [0.15, 0.2) is 42.5 Å². The molecule has 0 spiro atoms. The quantitative estimate of drug-likeness (QED) is 0.875. The molecule has 23 heavy (non-hydrogen) atoms. The number of nitrogens with one attached hydrogen (secondary N) is 1. The van der Waals surface area contributed by atoms with E-state index in [-0.39, 0.29) is 23.8 Å². The van der Waals surface area contributed by atoms with Gasteiger partial charge in [-0.2, -0.15) is 0 Å². The summed E-state index contributed by atoms with van der Waals surface area (Å²) in [6.45, 7) is 0.516. The van der Waals surface area contributed by atoms with Crippen LogP contribution in [0.3, 0.4) is 0 Å². The Morgan fingerprint density at radius 2 is 1.83 bits per heavy atom. The molecule has 0 unspecified atom stereocenters. The lowest BCUT2D eigenvalue weighted by molar-refractivity contribution is 0.0596. The van der Waals surface area contributed by atoms with Crippen molar-refractivity contribution in [3.63, 3.8) is 0 Å². The predicted molar refractivity (Wildman–Crippen MR) is 81.5 cm³/mol. The van der Waals surface area contributed by atoms with E-state index in [1.54, 1.807) is 30.3 Å². The molecule has 1 N–H and O–H groups in total. The molecule has 6 heteroatoms. The highest BCUT2D eigenvalue weighted by atomic mass is 16.7. The molecule has 0 bridgehead atoms. The van der Waals surface area contributed by atoms with Gasteiger partial charge < -0.3 is 19.5 Å². The lowest BCUT2D eigenvalue weighted by Gasteiger charge is -2.09. The average molecular weight is 313 g/mol. The molecule has 0 fully saturated rings. The first-order chi connectivity index (χ1) is 11.2. The summed E-state index contributed by atoms with van der Waals surface area (Å²) in [7, 11) is 1.28. The zero-order valence-electron chi connectivity index (χ0n) is 12.5. The van der Waals surface area contributed by atoms with E-state index in [0.717, 1.165) is 5.56 Å². The monoisotopic (exact) mass is 313 g/mol. The minimum atomic E-state index is -0.543. The van der Waals surface area contributed by atoms with Gasteiger partial charge in [0, 0.05) is 6.54 Å². The number of carbonyl (C=O) groups excluding carboxylic acids is 2. The molecule has 0 aliphatic carbocycles. The molecule has 0 saturated heterocycles. The van der Waals surface area contributed by atoms with Crippen LogP contribution in [0.1, 0.15) is 26.3 Å². The molecule has 6 nitrogen and oxygen atoms in total. The summed E-state index contributed by atoms with van der Waals surface area (Å²) in [5.41, 5.74) is 1.39. The van der Waals surface area contributed by atoms with E-state index in [0.29, 0.717) is 18.0 Å². The van der Waals surface area contributed by atoms with Gasteiger partial charge in [-0.15, -0.1) is 0 Å². The normalized spacial score (nSPS) is 11.9. The van der Waals surface area contributed by atoms with Crippen molar-refractivity contribution in [2.45, 2.75) is 6.54 Å². The molecule has 0 aromatic heterocycles. The third kappa shape index (κ3) is 3.11. The van der Waals surface area contributed by atoms with Gasteiger partial charge in [0.05, 0.1) is 18.2 Å². The average Bonchev–Trinajstić information content (AvgIpc) is 3.06. The van der Waals surface area contributed by atoms with Gasteiger partial charge in [0.15, 0.2) is 11.5 Å². The Kier molecular flexibility index (Phi) is 4.14. The van der Waals surface area contributed by atoms with E-state index < -0.39 is 5.97 Å². The van der Waals surface area contributed by atoms with Gasteiger partial charge in [-0.3, -0.25) is 4.79 Å². The molecule has 1 aliphatic rings. The maximum atomic E-state index is 12.3. The molecular formula is C17H15NO5. The second-order valence-corrected chi connectivity index (χ2v) is 4.91. The van der Waals surface area contributed by atoms with Gasteiger partial charge in [-0.25, -0.2) is 4.79 Å². The lowest BCUT2D eigenvalue weighted by atomic mass is 10.1. The molecule has 0 atom stereocenters. The van der Waals surface area contributed by atoms with Crippen LogP contribution in [0.4, 0.5) is 0 Å². The van der Waals surface area contributed by atoms with E-state index in [9.17, 15) is 9.59 Å². The van der Waals surface area contributed by atoms with Crippen LogP contribution in [-0.2, 0) is 11.3 Å². The van der Waals surface area contributed by atoms with Gasteiger partial charge in [-0.1, -0.05) is 18.2 Å². The van der Waals surface area contributed by atoms with Crippen molar-refractivity contribution in [2.75, 3.05) is 13.9 Å². The van der Waals surface area contributed by atoms with Crippen molar-refractivity contribution >= 4 is 11.9 Å². The zero-order chi connectivity index (χ0) is 16.2. The summed E-state index contributed by atoms with van der Waals surface area (Å²) < 4.78 is 15.2. The van der Waals surface area contributed by atoms with Crippen LogP contribution in [0.5, 0.6) is 11.5 Å². The molecule has 3 rings (SSSR count). The number of hydrogen-bond acceptors (Lipinski definition) is 5. The number of amides is 1. The molecule has 2 aromatic carbocycles. The second kappa shape index (κ2) is 6.39. The highest BCUT2D eigenvalue weighted by molar-refractivity contribution is 6.05. The van der Waals surface area contributed by atoms with Crippen molar-refractivity contribution in [1.29, 1.82) is 0 Å². The Balaban J connectivity index is 1.72. The Hall–Kier alpha value is -3.02. The maximum Gasteiger partial charge on any atom is 0.338 e. The molecular weight excluding hydrogens is 298 g/mol. The predicted octanol–water partition coefficient (Wildman–Crippen LogP) is 2.13. The summed E-state index contributed by atoms with van der Waals surface area (Å²) in [5, 5.41) is 2.78. The number of hydrogen-bond donors (Lipinski definition) is 1. The third-order valence-electron chi connectivity index (χ3n) is 3.47. The SMILES string of the molecule is COC(=O)c1ccccc1C(=O)NCc1ccc2c(c1)OCO2. The van der Waals surface area contributed by atoms with E-state index in [2.05, 4.69) is 5.32 Å². The lowest BCUT2D eigenvalue weighted by Crippen LogP contribution is -2.25. The Morgan fingerprint density at radius 3 is 2.61 bits per heavy atom. The smallest absolute Gasteiger partial charge is 0.338 e. The van der Waals surface area contributed by atoms with Crippen molar-refractivity contribution in [1.82, 2.24) is 5.32 Å². The van der Waals surface area contributed by atoms with Gasteiger partial charge in [0.2, 0.25) is 6.79 Å². The Bertz CT molecular complexity index is 756. The summed E-state index contributed by atoms with van der Waals surface area (Å²) in [5.74, 6) is 0.463. The summed E-state index contributed by atoms with van der Waals surface area (Å²) in [4.78, 5) is 24.0. The fraction of sp³-hybridized carbons (Fsp3) is 0.176. The first-order valence-electron chi connectivity index (χ1n) is 7.03. The maximum absolute atomic E-state index is 12.3. The number of benzene rings is 2. The number of methoxy groups -OCH3 is 1. The van der Waals surface area contributed by atoms with Crippen molar-refractivity contribution in [3.05, 3.63) is 59.2 Å². The van der Waals surface area contributed by atoms with Crippen LogP contribution in [-0.4, -0.2) is 25.8 Å². The standard InChI is InChI=1S/C17H15NO5/c1-21-17(20)13-5-3-2-4-12(13)16(19)18-9-11-6-7-14-15(8-11)23-10-22-14/h2-8H,9-10H2,1H3,(H,18,19). The largest absolute Gasteiger partial charge is 0.465 e. The van der Waals surface area contributed by atoms with Gasteiger partial charge >= 0.3 is 5.97 Å². The minimum absolute atomic E-state index is 0.206. The molecule has 0 saturated carbocycles. The van der Waals surface area contributed by atoms with Crippen molar-refractivity contribution in [2.24, 2.45) is 0 Å². The highest BCUT2D eigenvalue weighted by Crippen LogP contribution is 2.32. The van der Waals surface area contributed by atoms with Crippen molar-refractivity contribution < 1.29 is 23.8 Å². The topological polar surface area (TPSA) is 73.9 Å². The van der Waals surface area contributed by atoms with E-state index in [1.807, 2.05) is 12.1 Å². The number of rotatable bonds is 4. The summed E-state index contributed by atoms with van der Waals surface area (Å²) in [6, 6.07) is 12.0. The molecule has 118 valence electrons. The molecule has 2 aromatic rings.